The zero-order valence-electron chi connectivity index (χ0n) is 41.5. The van der Waals surface area contributed by atoms with Crippen LogP contribution in [0, 0.1) is 27.3 Å². The van der Waals surface area contributed by atoms with E-state index in [1.807, 2.05) is 17.0 Å². The minimum absolute atomic E-state index is 0.00581. The predicted molar refractivity (Wildman–Crippen MR) is 273 cm³/mol. The molecule has 2 saturated carbocycles. The normalized spacial score (nSPS) is 25.5. The maximum atomic E-state index is 15.3. The van der Waals surface area contributed by atoms with E-state index in [1.54, 1.807) is 19.1 Å². The van der Waals surface area contributed by atoms with Crippen LogP contribution in [0.4, 0.5) is 32.8 Å². The van der Waals surface area contributed by atoms with Crippen molar-refractivity contribution >= 4 is 55.4 Å². The van der Waals surface area contributed by atoms with Crippen molar-refractivity contribution in [1.82, 2.24) is 24.6 Å². The number of aromatic nitrogens is 3. The molecule has 20 heteroatoms. The number of hydrogen-bond acceptors (Lipinski definition) is 15. The molecule has 7 heterocycles. The fourth-order valence-electron chi connectivity index (χ4n) is 12.4. The fourth-order valence-corrected chi connectivity index (χ4v) is 13.3. The van der Waals surface area contributed by atoms with E-state index in [2.05, 4.69) is 72.9 Å². The number of nitrogens with zero attached hydrogens (tertiary/aromatic N) is 6. The first-order chi connectivity index (χ1) is 35.1. The van der Waals surface area contributed by atoms with Crippen molar-refractivity contribution in [3.05, 3.63) is 99.6 Å². The Hall–Kier alpha value is -5.93. The summed E-state index contributed by atoms with van der Waals surface area (Å²) in [6.07, 6.45) is 9.07. The lowest BCUT2D eigenvalue weighted by Gasteiger charge is -2.57. The van der Waals surface area contributed by atoms with E-state index in [4.69, 9.17) is 14.2 Å². The molecule has 18 nitrogen and oxygen atoms in total. The lowest BCUT2D eigenvalue weighted by molar-refractivity contribution is -0.384. The van der Waals surface area contributed by atoms with Crippen LogP contribution in [0.25, 0.3) is 11.0 Å². The Morgan fingerprint density at radius 3 is 2.53 bits per heavy atom. The summed E-state index contributed by atoms with van der Waals surface area (Å²) < 4.78 is 64.1. The molecule has 0 bridgehead atoms. The average Bonchev–Trinajstić information content (AvgIpc) is 3.74. The molecule has 3 saturated heterocycles. The summed E-state index contributed by atoms with van der Waals surface area (Å²) in [4.78, 5) is 44.9. The van der Waals surface area contributed by atoms with Gasteiger partial charge in [0, 0.05) is 50.7 Å². The number of aliphatic hydroxyl groups is 1. The number of ether oxygens (including phenoxy) is 3. The van der Waals surface area contributed by atoms with Crippen LogP contribution >= 0.6 is 0 Å². The van der Waals surface area contributed by atoms with Crippen LogP contribution in [-0.2, 0) is 19.5 Å². The summed E-state index contributed by atoms with van der Waals surface area (Å²) in [6, 6.07) is 16.8. The molecule has 3 aromatic heterocycles. The van der Waals surface area contributed by atoms with Crippen LogP contribution < -0.4 is 24.6 Å². The fraction of sp³-hybridized carbons (Fsp3) is 0.528. The second kappa shape index (κ2) is 19.4. The molecule has 2 aliphatic carbocycles. The minimum Gasteiger partial charge on any atom is -0.468 e. The highest BCUT2D eigenvalue weighted by Crippen LogP contribution is 2.54. The number of carbonyl (C=O) groups excluding carboxylic acids is 1. The van der Waals surface area contributed by atoms with Gasteiger partial charge in [-0.25, -0.2) is 14.1 Å². The summed E-state index contributed by atoms with van der Waals surface area (Å²) in [5.41, 5.74) is 3.57. The van der Waals surface area contributed by atoms with Gasteiger partial charge in [-0.05, 0) is 117 Å². The van der Waals surface area contributed by atoms with Gasteiger partial charge in [0.25, 0.3) is 21.6 Å². The number of pyridine rings is 2. The summed E-state index contributed by atoms with van der Waals surface area (Å²) >= 11 is 0. The molecule has 11 rings (SSSR count). The number of rotatable bonds is 12. The van der Waals surface area contributed by atoms with E-state index in [9.17, 15) is 28.4 Å². The molecule has 2 aromatic carbocycles. The molecule has 3 atom stereocenters. The Labute approximate surface area is 424 Å². The first kappa shape index (κ1) is 49.3. The van der Waals surface area contributed by atoms with Crippen molar-refractivity contribution < 1.29 is 41.8 Å². The Morgan fingerprint density at radius 2 is 1.77 bits per heavy atom. The molecule has 1 amide bonds. The van der Waals surface area contributed by atoms with Crippen LogP contribution in [0.1, 0.15) is 112 Å². The van der Waals surface area contributed by atoms with Crippen LogP contribution in [0.3, 0.4) is 0 Å². The van der Waals surface area contributed by atoms with E-state index in [1.165, 1.54) is 17.3 Å². The molecular weight excluding hydrogens is 958 g/mol. The highest BCUT2D eigenvalue weighted by atomic mass is 32.2. The number of H-pyrrole nitrogens is 1. The number of nitro groups is 1. The number of piperidine rings is 1. The third-order valence-electron chi connectivity index (χ3n) is 16.6. The summed E-state index contributed by atoms with van der Waals surface area (Å²) in [6.45, 7) is 11.1. The molecule has 4 N–H and O–H groups in total. The number of halogens is 1. The first-order valence-corrected chi connectivity index (χ1v) is 27.2. The van der Waals surface area contributed by atoms with E-state index in [0.29, 0.717) is 62.4 Å². The third-order valence-corrected chi connectivity index (χ3v) is 17.9. The number of nitrogens with one attached hydrogen (secondary N) is 3. The molecule has 73 heavy (non-hydrogen) atoms. The van der Waals surface area contributed by atoms with Gasteiger partial charge in [-0.2, -0.15) is 13.4 Å². The van der Waals surface area contributed by atoms with Gasteiger partial charge < -0.3 is 39.4 Å². The van der Waals surface area contributed by atoms with Crippen LogP contribution in [0.15, 0.2) is 72.0 Å². The van der Waals surface area contributed by atoms with Crippen molar-refractivity contribution in [2.24, 2.45) is 11.3 Å². The molecule has 0 unspecified atom stereocenters. The van der Waals surface area contributed by atoms with Crippen LogP contribution in [0.2, 0.25) is 0 Å². The quantitative estimate of drug-likeness (QED) is 0.0686. The highest BCUT2D eigenvalue weighted by molar-refractivity contribution is 7.90. The van der Waals surface area contributed by atoms with Crippen molar-refractivity contribution in [2.75, 3.05) is 67.7 Å². The number of sulfonamides is 1. The Kier molecular flexibility index (Phi) is 13.1. The van der Waals surface area contributed by atoms with E-state index in [0.717, 1.165) is 82.7 Å². The molecule has 4 aliphatic heterocycles. The Balaban J connectivity index is 0.873. The topological polar surface area (TPSA) is 218 Å². The van der Waals surface area contributed by atoms with Crippen LogP contribution in [-0.4, -0.2) is 121 Å². The van der Waals surface area contributed by atoms with Crippen molar-refractivity contribution in [2.45, 2.75) is 119 Å². The lowest BCUT2D eigenvalue weighted by atomic mass is 9.59. The molecule has 388 valence electrons. The van der Waals surface area contributed by atoms with Gasteiger partial charge in [0.15, 0.2) is 5.03 Å². The van der Waals surface area contributed by atoms with Gasteiger partial charge in [-0.1, -0.05) is 38.1 Å². The van der Waals surface area contributed by atoms with E-state index >= 15 is 4.39 Å². The number of amides is 1. The number of aromatic amines is 1. The summed E-state index contributed by atoms with van der Waals surface area (Å²) in [7, 11) is -4.79. The summed E-state index contributed by atoms with van der Waals surface area (Å²) in [5.74, 6) is -0.755. The predicted octanol–water partition coefficient (Wildman–Crippen LogP) is 8.11. The number of fused-ring (bicyclic) bond motifs is 3. The molecule has 1 spiro atoms. The number of carbonyl (C=O) groups is 1. The van der Waals surface area contributed by atoms with Gasteiger partial charge in [-0.15, -0.1) is 0 Å². The Morgan fingerprint density at radius 1 is 1.00 bits per heavy atom. The van der Waals surface area contributed by atoms with Gasteiger partial charge >= 0.3 is 0 Å². The number of anilines is 4. The van der Waals surface area contributed by atoms with Gasteiger partial charge in [0.05, 0.1) is 71.3 Å². The van der Waals surface area contributed by atoms with Gasteiger partial charge in [-0.3, -0.25) is 19.8 Å². The van der Waals surface area contributed by atoms with Gasteiger partial charge in [0.1, 0.15) is 28.9 Å². The molecular formula is C53H64FN9O9S. The SMILES string of the molecule is CC(C)c1ccccc1[C@@H]1COCCN1C1CC2(CCN(c3ccc(C(=O)NS(=O)(=O)c4cc([N+](=O)[O-])c(NCC5CCC(C)(O)CC5)cn4)c(N4c5cc6c(F)c[nH]c6nc5O[C@H]5COCC[C@@H]54)c3)CC2)C1. The maximum absolute atomic E-state index is 15.3. The van der Waals surface area contributed by atoms with E-state index < -0.39 is 55.1 Å². The van der Waals surface area contributed by atoms with E-state index in [-0.39, 0.29) is 52.1 Å². The first-order valence-electron chi connectivity index (χ1n) is 25.8. The lowest BCUT2D eigenvalue weighted by Crippen LogP contribution is -2.58. The molecule has 5 fully saturated rings. The second-order valence-electron chi connectivity index (χ2n) is 21.7. The number of morpholine rings is 1. The van der Waals surface area contributed by atoms with Crippen molar-refractivity contribution in [3.63, 3.8) is 0 Å². The second-order valence-corrected chi connectivity index (χ2v) is 23.3. The van der Waals surface area contributed by atoms with Crippen molar-refractivity contribution in [3.8, 4) is 5.88 Å². The monoisotopic (exact) mass is 1020 g/mol. The smallest absolute Gasteiger partial charge is 0.296 e. The molecule has 0 radical (unpaired) electrons. The van der Waals surface area contributed by atoms with Crippen molar-refractivity contribution in [1.29, 1.82) is 0 Å². The zero-order valence-corrected chi connectivity index (χ0v) is 42.3. The largest absolute Gasteiger partial charge is 0.468 e. The third kappa shape index (κ3) is 9.60. The standard InChI is InChI=1S/C53H64FN9O9S/c1-32(2)36-6-4-5-7-37(36)46-30-71-21-19-61(46)35-25-53(26-35)15-17-60(18-16-53)34-8-9-38(43(22-34)62-42-12-20-70-31-47(42)72-51-45(62)23-39-40(54)28-57-49(39)58-51)50(64)59-73(68,69)48-24-44(63(66)67)41(29-56-48)55-27-33-10-13-52(3,65)14-11-33/h4-9,22-24,28-29,32-33,35,42,46-47,55,65H,10-21,25-27,30-31H2,1-3H3,(H,57,58)(H,59,64)/t33?,42-,46-,47-,52?/m0/s1. The molecule has 6 aliphatic rings. The minimum atomic E-state index is -4.79. The maximum Gasteiger partial charge on any atom is 0.296 e. The van der Waals surface area contributed by atoms with Gasteiger partial charge in [0.2, 0.25) is 5.88 Å². The summed E-state index contributed by atoms with van der Waals surface area (Å²) in [5, 5.41) is 25.3. The average molecular weight is 1020 g/mol. The zero-order chi connectivity index (χ0) is 50.8. The number of benzene rings is 2. The molecule has 5 aromatic rings. The highest BCUT2D eigenvalue weighted by Gasteiger charge is 2.50. The Bertz CT molecular complexity index is 3020. The van der Waals surface area contributed by atoms with Crippen LogP contribution in [0.5, 0.6) is 5.88 Å². The number of hydrogen-bond donors (Lipinski definition) is 4.